The van der Waals surface area contributed by atoms with Gasteiger partial charge in [0, 0.05) is 51.3 Å². The van der Waals surface area contributed by atoms with Gasteiger partial charge in [-0.25, -0.2) is 4.79 Å². The number of piperidine rings is 1. The molecule has 31 heavy (non-hydrogen) atoms. The zero-order valence-corrected chi connectivity index (χ0v) is 20.6. The molecule has 1 amide bonds. The Morgan fingerprint density at radius 1 is 1.35 bits per heavy atom. The topological polar surface area (TPSA) is 83.2 Å². The molecule has 1 aliphatic rings. The Bertz CT molecular complexity index is 725. The van der Waals surface area contributed by atoms with Crippen LogP contribution >= 0.6 is 0 Å². The third kappa shape index (κ3) is 7.14. The maximum Gasteiger partial charge on any atom is 0.410 e. The van der Waals surface area contributed by atoms with Gasteiger partial charge in [0.15, 0.2) is 5.96 Å². The third-order valence-electron chi connectivity index (χ3n) is 5.79. The number of nitrogens with zero attached hydrogens (tertiary/aromatic N) is 4. The predicted octanol–water partition coefficient (Wildman–Crippen LogP) is 3.94. The highest BCUT2D eigenvalue weighted by Gasteiger charge is 2.27. The molecule has 1 unspecified atom stereocenters. The lowest BCUT2D eigenvalue weighted by atomic mass is 9.96. The van der Waals surface area contributed by atoms with Gasteiger partial charge in [0.05, 0.1) is 5.69 Å². The van der Waals surface area contributed by atoms with Crippen LogP contribution in [0.15, 0.2) is 9.52 Å². The van der Waals surface area contributed by atoms with E-state index in [1.54, 1.807) is 0 Å². The van der Waals surface area contributed by atoms with Crippen molar-refractivity contribution in [2.45, 2.75) is 72.8 Å². The van der Waals surface area contributed by atoms with Gasteiger partial charge in [0.2, 0.25) is 0 Å². The minimum absolute atomic E-state index is 0.219. The smallest absolute Gasteiger partial charge is 0.410 e. The van der Waals surface area contributed by atoms with Crippen molar-refractivity contribution in [1.29, 1.82) is 0 Å². The first-order valence-corrected chi connectivity index (χ1v) is 11.4. The summed E-state index contributed by atoms with van der Waals surface area (Å²) < 4.78 is 10.9. The van der Waals surface area contributed by atoms with Gasteiger partial charge in [-0.3, -0.25) is 4.99 Å². The van der Waals surface area contributed by atoms with E-state index in [0.29, 0.717) is 12.5 Å². The molecule has 0 saturated carbocycles. The van der Waals surface area contributed by atoms with E-state index in [1.165, 1.54) is 5.56 Å². The second kappa shape index (κ2) is 10.9. The lowest BCUT2D eigenvalue weighted by Gasteiger charge is -2.36. The number of likely N-dealkylation sites (tertiary alicyclic amines) is 1. The molecule has 8 heteroatoms. The number of aromatic nitrogens is 1. The SMILES string of the molecule is CCN(CC1CCN(C(=NC)NCC(C)c2c(C)noc2C)CC1)C(=O)OC(C)(C)C. The van der Waals surface area contributed by atoms with Crippen molar-refractivity contribution in [3.63, 3.8) is 0 Å². The monoisotopic (exact) mass is 435 g/mol. The number of carbonyl (C=O) groups is 1. The van der Waals surface area contributed by atoms with Crippen LogP contribution in [0.25, 0.3) is 0 Å². The van der Waals surface area contributed by atoms with E-state index in [0.717, 1.165) is 56.4 Å². The van der Waals surface area contributed by atoms with E-state index < -0.39 is 5.60 Å². The van der Waals surface area contributed by atoms with Gasteiger partial charge < -0.3 is 24.4 Å². The molecule has 1 N–H and O–H groups in total. The van der Waals surface area contributed by atoms with E-state index in [4.69, 9.17) is 9.26 Å². The number of amides is 1. The number of rotatable bonds is 6. The van der Waals surface area contributed by atoms with Crippen LogP contribution < -0.4 is 5.32 Å². The molecule has 1 saturated heterocycles. The van der Waals surface area contributed by atoms with Gasteiger partial charge >= 0.3 is 6.09 Å². The summed E-state index contributed by atoms with van der Waals surface area (Å²) in [7, 11) is 1.83. The molecule has 1 aliphatic heterocycles. The molecule has 2 rings (SSSR count). The average molecular weight is 436 g/mol. The van der Waals surface area contributed by atoms with Crippen molar-refractivity contribution >= 4 is 12.1 Å². The van der Waals surface area contributed by atoms with Crippen molar-refractivity contribution in [3.05, 3.63) is 17.0 Å². The van der Waals surface area contributed by atoms with Crippen LogP contribution in [0.3, 0.4) is 0 Å². The molecule has 2 heterocycles. The Labute approximate surface area is 187 Å². The molecule has 8 nitrogen and oxygen atoms in total. The molecule has 0 aliphatic carbocycles. The molecule has 0 bridgehead atoms. The summed E-state index contributed by atoms with van der Waals surface area (Å²) >= 11 is 0. The molecule has 176 valence electrons. The lowest BCUT2D eigenvalue weighted by molar-refractivity contribution is 0.0214. The van der Waals surface area contributed by atoms with Crippen LogP contribution in [0.1, 0.15) is 70.4 Å². The zero-order valence-electron chi connectivity index (χ0n) is 20.6. The van der Waals surface area contributed by atoms with Crippen molar-refractivity contribution in [1.82, 2.24) is 20.3 Å². The molecule has 1 atom stereocenters. The van der Waals surface area contributed by atoms with Gasteiger partial charge in [-0.05, 0) is 60.3 Å². The molecule has 1 aromatic rings. The molecule has 0 radical (unpaired) electrons. The van der Waals surface area contributed by atoms with Gasteiger partial charge in [-0.1, -0.05) is 12.1 Å². The number of nitrogens with one attached hydrogen (secondary N) is 1. The maximum absolute atomic E-state index is 12.4. The van der Waals surface area contributed by atoms with Crippen LogP contribution in [-0.4, -0.2) is 72.4 Å². The minimum atomic E-state index is -0.466. The first-order valence-electron chi connectivity index (χ1n) is 11.4. The minimum Gasteiger partial charge on any atom is -0.444 e. The third-order valence-corrected chi connectivity index (χ3v) is 5.79. The van der Waals surface area contributed by atoms with Gasteiger partial charge in [-0.15, -0.1) is 0 Å². The highest BCUT2D eigenvalue weighted by atomic mass is 16.6. The Kier molecular flexibility index (Phi) is 8.77. The van der Waals surface area contributed by atoms with E-state index in [9.17, 15) is 4.79 Å². The van der Waals surface area contributed by atoms with Crippen molar-refractivity contribution in [3.8, 4) is 0 Å². The van der Waals surface area contributed by atoms with Crippen LogP contribution in [0, 0.1) is 19.8 Å². The van der Waals surface area contributed by atoms with Gasteiger partial charge in [0.25, 0.3) is 0 Å². The number of hydrogen-bond acceptors (Lipinski definition) is 5. The quantitative estimate of drug-likeness (QED) is 0.538. The molecule has 0 aromatic carbocycles. The average Bonchev–Trinajstić information content (AvgIpc) is 3.04. The van der Waals surface area contributed by atoms with Crippen LogP contribution in [-0.2, 0) is 4.74 Å². The summed E-state index contributed by atoms with van der Waals surface area (Å²) in [6, 6.07) is 0. The predicted molar refractivity (Wildman–Crippen MR) is 124 cm³/mol. The highest BCUT2D eigenvalue weighted by molar-refractivity contribution is 5.80. The van der Waals surface area contributed by atoms with Crippen LogP contribution in [0.4, 0.5) is 4.79 Å². The number of aryl methyl sites for hydroxylation is 2. The van der Waals surface area contributed by atoms with E-state index in [2.05, 4.69) is 27.3 Å². The molecular weight excluding hydrogens is 394 g/mol. The summed E-state index contributed by atoms with van der Waals surface area (Å²) in [6.07, 6.45) is 1.84. The molecule has 0 spiro atoms. The molecule has 1 fully saturated rings. The largest absolute Gasteiger partial charge is 0.444 e. The summed E-state index contributed by atoms with van der Waals surface area (Å²) in [5.74, 6) is 2.57. The van der Waals surface area contributed by atoms with Gasteiger partial charge in [-0.2, -0.15) is 0 Å². The summed E-state index contributed by atoms with van der Waals surface area (Å²) in [5.41, 5.74) is 1.66. The summed E-state index contributed by atoms with van der Waals surface area (Å²) in [5, 5.41) is 7.58. The first-order chi connectivity index (χ1) is 14.6. The second-order valence-corrected chi connectivity index (χ2v) is 9.52. The van der Waals surface area contributed by atoms with Crippen LogP contribution in [0.2, 0.25) is 0 Å². The van der Waals surface area contributed by atoms with E-state index >= 15 is 0 Å². The van der Waals surface area contributed by atoms with E-state index in [1.807, 2.05) is 53.5 Å². The number of guanidine groups is 1. The highest BCUT2D eigenvalue weighted by Crippen LogP contribution is 2.23. The first kappa shape index (κ1) is 25.0. The number of aliphatic imine (C=N–C) groups is 1. The Morgan fingerprint density at radius 2 is 2.00 bits per heavy atom. The maximum atomic E-state index is 12.4. The molecule has 1 aromatic heterocycles. The Balaban J connectivity index is 1.84. The fraction of sp³-hybridized carbons (Fsp3) is 0.783. The van der Waals surface area contributed by atoms with Crippen molar-refractivity contribution in [2.24, 2.45) is 10.9 Å². The number of carbonyl (C=O) groups excluding carboxylic acids is 1. The van der Waals surface area contributed by atoms with E-state index in [-0.39, 0.29) is 12.0 Å². The number of hydrogen-bond donors (Lipinski definition) is 1. The number of ether oxygens (including phenoxy) is 1. The van der Waals surface area contributed by atoms with Crippen molar-refractivity contribution < 1.29 is 14.1 Å². The summed E-state index contributed by atoms with van der Waals surface area (Å²) in [4.78, 5) is 21.0. The van der Waals surface area contributed by atoms with Crippen molar-refractivity contribution in [2.75, 3.05) is 39.8 Å². The fourth-order valence-corrected chi connectivity index (χ4v) is 4.17. The standard InChI is InChI=1S/C23H41N5O3/c1-9-27(22(29)30-23(5,6)7)15-19-10-12-28(13-11-19)21(24-8)25-14-16(2)20-17(3)26-31-18(20)4/h16,19H,9-15H2,1-8H3,(H,24,25). The Hall–Kier alpha value is -2.25. The lowest BCUT2D eigenvalue weighted by Crippen LogP contribution is -2.48. The fourth-order valence-electron chi connectivity index (χ4n) is 4.17. The van der Waals surface area contributed by atoms with Crippen LogP contribution in [0.5, 0.6) is 0 Å². The Morgan fingerprint density at radius 3 is 2.48 bits per heavy atom. The molecular formula is C23H41N5O3. The zero-order chi connectivity index (χ0) is 23.2. The van der Waals surface area contributed by atoms with Gasteiger partial charge in [0.1, 0.15) is 11.4 Å². The second-order valence-electron chi connectivity index (χ2n) is 9.52. The normalized spacial score (nSPS) is 16.9. The summed E-state index contributed by atoms with van der Waals surface area (Å²) in [6.45, 7) is 17.9.